The van der Waals surface area contributed by atoms with Crippen molar-refractivity contribution in [3.05, 3.63) is 34.9 Å². The van der Waals surface area contributed by atoms with Crippen LogP contribution in [0, 0.1) is 11.3 Å². The molecular formula is C25H38O3Si. The molecule has 0 aliphatic heterocycles. The van der Waals surface area contributed by atoms with Gasteiger partial charge in [0.05, 0.1) is 11.7 Å². The van der Waals surface area contributed by atoms with Crippen molar-refractivity contribution in [2.45, 2.75) is 96.1 Å². The minimum atomic E-state index is -1.85. The number of aliphatic hydroxyl groups is 1. The third kappa shape index (κ3) is 3.32. The minimum absolute atomic E-state index is 0.0280. The van der Waals surface area contributed by atoms with E-state index < -0.39 is 13.9 Å². The van der Waals surface area contributed by atoms with Crippen LogP contribution in [0.2, 0.25) is 18.1 Å². The standard InChI is InChI=1S/C25H38O3Si/c1-23(2,3)29(5,6)28-22-10-9-21-24(22,4)13-12-19-15-18-16-20(26)8-7-17(18)11-14-25(19,21)27/h7-8,15-16,21-22,26-27H,9-14H2,1-6H3/t21-,22+,24+,25-/m1/s1. The van der Waals surface area contributed by atoms with Crippen LogP contribution in [-0.4, -0.2) is 30.2 Å². The highest BCUT2D eigenvalue weighted by Crippen LogP contribution is 2.61. The summed E-state index contributed by atoms with van der Waals surface area (Å²) in [5.74, 6) is 0.545. The Bertz CT molecular complexity index is 837. The molecule has 2 N–H and O–H groups in total. The Labute approximate surface area is 177 Å². The second-order valence-corrected chi connectivity index (χ2v) is 16.2. The van der Waals surface area contributed by atoms with Gasteiger partial charge in [-0.05, 0) is 96.8 Å². The van der Waals surface area contributed by atoms with Crippen LogP contribution in [0.25, 0.3) is 6.08 Å². The molecular weight excluding hydrogens is 376 g/mol. The molecule has 4 rings (SSSR count). The van der Waals surface area contributed by atoms with Crippen molar-refractivity contribution in [2.24, 2.45) is 11.3 Å². The van der Waals surface area contributed by atoms with Crippen LogP contribution >= 0.6 is 0 Å². The Kier molecular flexibility index (Phi) is 4.88. The van der Waals surface area contributed by atoms with E-state index in [9.17, 15) is 10.2 Å². The minimum Gasteiger partial charge on any atom is -0.508 e. The van der Waals surface area contributed by atoms with E-state index in [2.05, 4.69) is 46.9 Å². The Morgan fingerprint density at radius 1 is 1.10 bits per heavy atom. The normalized spacial score (nSPS) is 34.7. The molecule has 4 heteroatoms. The molecule has 0 spiro atoms. The largest absolute Gasteiger partial charge is 0.508 e. The first-order chi connectivity index (χ1) is 13.4. The second kappa shape index (κ2) is 6.70. The highest BCUT2D eigenvalue weighted by atomic mass is 28.4. The molecule has 0 amide bonds. The number of hydrogen-bond donors (Lipinski definition) is 2. The van der Waals surface area contributed by atoms with E-state index >= 15 is 0 Å². The van der Waals surface area contributed by atoms with E-state index in [1.165, 1.54) is 5.56 Å². The van der Waals surface area contributed by atoms with Gasteiger partial charge in [0, 0.05) is 0 Å². The molecule has 3 aliphatic carbocycles. The first-order valence-electron chi connectivity index (χ1n) is 11.3. The zero-order valence-corrected chi connectivity index (χ0v) is 20.0. The molecule has 1 aromatic carbocycles. The molecule has 1 aromatic rings. The van der Waals surface area contributed by atoms with E-state index in [-0.39, 0.29) is 22.5 Å². The van der Waals surface area contributed by atoms with Crippen LogP contribution < -0.4 is 0 Å². The van der Waals surface area contributed by atoms with E-state index in [1.54, 1.807) is 6.07 Å². The topological polar surface area (TPSA) is 49.7 Å². The quantitative estimate of drug-likeness (QED) is 0.579. The van der Waals surface area contributed by atoms with Crippen molar-refractivity contribution >= 4 is 14.4 Å². The maximum absolute atomic E-state index is 12.0. The Morgan fingerprint density at radius 3 is 2.52 bits per heavy atom. The van der Waals surface area contributed by atoms with Gasteiger partial charge < -0.3 is 14.6 Å². The summed E-state index contributed by atoms with van der Waals surface area (Å²) in [7, 11) is -1.85. The summed E-state index contributed by atoms with van der Waals surface area (Å²) in [5.41, 5.74) is 2.74. The monoisotopic (exact) mass is 414 g/mol. The van der Waals surface area contributed by atoms with E-state index in [0.717, 1.165) is 49.7 Å². The molecule has 160 valence electrons. The van der Waals surface area contributed by atoms with Gasteiger partial charge in [0.15, 0.2) is 8.32 Å². The zero-order chi connectivity index (χ0) is 21.2. The fraction of sp³-hybridized carbons (Fsp3) is 0.680. The third-order valence-electron chi connectivity index (χ3n) is 8.79. The summed E-state index contributed by atoms with van der Waals surface area (Å²) in [5, 5.41) is 22.2. The third-order valence-corrected chi connectivity index (χ3v) is 13.3. The number of aromatic hydroxyl groups is 1. The van der Waals surface area contributed by atoms with Crippen molar-refractivity contribution in [3.8, 4) is 5.75 Å². The first kappa shape index (κ1) is 21.1. The van der Waals surface area contributed by atoms with Crippen LogP contribution in [-0.2, 0) is 10.8 Å². The molecule has 2 fully saturated rings. The lowest BCUT2D eigenvalue weighted by Gasteiger charge is -2.52. The van der Waals surface area contributed by atoms with Crippen LogP contribution in [0.1, 0.15) is 70.9 Å². The molecule has 29 heavy (non-hydrogen) atoms. The summed E-state index contributed by atoms with van der Waals surface area (Å²) >= 11 is 0. The van der Waals surface area contributed by atoms with Crippen LogP contribution in [0.5, 0.6) is 5.75 Å². The lowest BCUT2D eigenvalue weighted by molar-refractivity contribution is -0.0846. The average molecular weight is 415 g/mol. The lowest BCUT2D eigenvalue weighted by atomic mass is 9.58. The fourth-order valence-electron chi connectivity index (χ4n) is 5.88. The molecule has 0 radical (unpaired) electrons. The predicted octanol–water partition coefficient (Wildman–Crippen LogP) is 6.05. The molecule has 4 atom stereocenters. The average Bonchev–Trinajstić information content (AvgIpc) is 2.85. The fourth-order valence-corrected chi connectivity index (χ4v) is 7.33. The summed E-state index contributed by atoms with van der Waals surface area (Å²) in [6.07, 6.45) is 8.10. The number of benzene rings is 1. The van der Waals surface area contributed by atoms with Crippen LogP contribution in [0.15, 0.2) is 23.8 Å². The maximum atomic E-state index is 12.0. The van der Waals surface area contributed by atoms with Crippen molar-refractivity contribution in [2.75, 3.05) is 0 Å². The van der Waals surface area contributed by atoms with Gasteiger partial charge in [-0.25, -0.2) is 0 Å². The first-order valence-corrected chi connectivity index (χ1v) is 14.2. The highest BCUT2D eigenvalue weighted by molar-refractivity contribution is 6.74. The van der Waals surface area contributed by atoms with Gasteiger partial charge in [-0.2, -0.15) is 0 Å². The molecule has 2 saturated carbocycles. The zero-order valence-electron chi connectivity index (χ0n) is 19.0. The second-order valence-electron chi connectivity index (χ2n) is 11.5. The molecule has 0 saturated heterocycles. The lowest BCUT2D eigenvalue weighted by Crippen LogP contribution is -2.54. The van der Waals surface area contributed by atoms with Gasteiger partial charge in [-0.3, -0.25) is 0 Å². The predicted molar refractivity (Wildman–Crippen MR) is 121 cm³/mol. The molecule has 3 nitrogen and oxygen atoms in total. The van der Waals surface area contributed by atoms with Gasteiger partial charge in [0.1, 0.15) is 5.75 Å². The Balaban J connectivity index is 1.65. The summed E-state index contributed by atoms with van der Waals surface area (Å²) in [4.78, 5) is 0. The van der Waals surface area contributed by atoms with Crippen molar-refractivity contribution in [3.63, 3.8) is 0 Å². The van der Waals surface area contributed by atoms with Crippen LogP contribution in [0.4, 0.5) is 0 Å². The van der Waals surface area contributed by atoms with E-state index in [1.807, 2.05) is 12.1 Å². The van der Waals surface area contributed by atoms with Gasteiger partial charge >= 0.3 is 0 Å². The maximum Gasteiger partial charge on any atom is 0.192 e. The Hall–Kier alpha value is -1.10. The number of rotatable bonds is 2. The highest BCUT2D eigenvalue weighted by Gasteiger charge is 2.60. The SMILES string of the molecule is CC(C)(C)[Si](C)(C)O[C@H]1CC[C@@H]2[C@]1(C)CCC1=Cc3cc(O)ccc3CC[C@@]12O. The number of phenolic OH excluding ortho intramolecular Hbond substituents is 1. The van der Waals surface area contributed by atoms with Gasteiger partial charge in [-0.1, -0.05) is 39.8 Å². The Morgan fingerprint density at radius 2 is 1.83 bits per heavy atom. The number of phenols is 1. The van der Waals surface area contributed by atoms with Gasteiger partial charge in [0.25, 0.3) is 0 Å². The number of hydrogen-bond acceptors (Lipinski definition) is 3. The smallest absolute Gasteiger partial charge is 0.192 e. The number of aryl methyl sites for hydroxylation is 1. The van der Waals surface area contributed by atoms with E-state index in [4.69, 9.17) is 4.43 Å². The molecule has 0 aromatic heterocycles. The molecule has 0 unspecified atom stereocenters. The molecule has 0 heterocycles. The van der Waals surface area contributed by atoms with Crippen LogP contribution in [0.3, 0.4) is 0 Å². The van der Waals surface area contributed by atoms with Crippen molar-refractivity contribution in [1.29, 1.82) is 0 Å². The molecule has 0 bridgehead atoms. The summed E-state index contributed by atoms with van der Waals surface area (Å²) in [6.45, 7) is 14.0. The van der Waals surface area contributed by atoms with Crippen molar-refractivity contribution in [1.82, 2.24) is 0 Å². The van der Waals surface area contributed by atoms with Gasteiger partial charge in [0.2, 0.25) is 0 Å². The van der Waals surface area contributed by atoms with Gasteiger partial charge in [-0.15, -0.1) is 0 Å². The molecule has 3 aliphatic rings. The van der Waals surface area contributed by atoms with Crippen molar-refractivity contribution < 1.29 is 14.6 Å². The number of fused-ring (bicyclic) bond motifs is 4. The van der Waals surface area contributed by atoms with E-state index in [0.29, 0.717) is 5.75 Å². The summed E-state index contributed by atoms with van der Waals surface area (Å²) in [6, 6.07) is 5.62. The summed E-state index contributed by atoms with van der Waals surface area (Å²) < 4.78 is 6.94.